The number of rotatable bonds is 3. The zero-order valence-electron chi connectivity index (χ0n) is 9.56. The maximum absolute atomic E-state index is 5.40. The second kappa shape index (κ2) is 5.53. The Bertz CT molecular complexity index is 508. The monoisotopic (exact) mass is 240 g/mol. The Morgan fingerprint density at radius 1 is 0.778 bits per heavy atom. The van der Waals surface area contributed by atoms with E-state index in [1.807, 2.05) is 12.1 Å². The molecule has 90 valence electrons. The van der Waals surface area contributed by atoms with Crippen molar-refractivity contribution in [3.05, 3.63) is 60.2 Å². The molecular weight excluding hydrogens is 228 g/mol. The van der Waals surface area contributed by atoms with Gasteiger partial charge in [-0.15, -0.1) is 0 Å². The molecule has 0 aliphatic carbocycles. The van der Waals surface area contributed by atoms with Crippen LogP contribution in [0.25, 0.3) is 0 Å². The fourth-order valence-corrected chi connectivity index (χ4v) is 1.50. The van der Waals surface area contributed by atoms with Crippen molar-refractivity contribution in [3.8, 4) is 0 Å². The van der Waals surface area contributed by atoms with Crippen LogP contribution in [0.3, 0.4) is 0 Å². The summed E-state index contributed by atoms with van der Waals surface area (Å²) >= 11 is 0. The predicted molar refractivity (Wildman–Crippen MR) is 69.9 cm³/mol. The van der Waals surface area contributed by atoms with Gasteiger partial charge in [0.05, 0.1) is 11.4 Å². The largest absolute Gasteiger partial charge is 0.323 e. The van der Waals surface area contributed by atoms with E-state index in [-0.39, 0.29) is 0 Å². The van der Waals surface area contributed by atoms with Crippen molar-refractivity contribution in [1.29, 1.82) is 0 Å². The number of hydrogen-bond acceptors (Lipinski definition) is 6. The molecular formula is C12H12N6. The summed E-state index contributed by atoms with van der Waals surface area (Å²) in [6.45, 7) is 0. The molecule has 4 N–H and O–H groups in total. The average Bonchev–Trinajstić information content (AvgIpc) is 2.46. The number of nitrogens with zero attached hydrogens (tertiary/aromatic N) is 4. The molecule has 0 spiro atoms. The van der Waals surface area contributed by atoms with Gasteiger partial charge in [0.25, 0.3) is 0 Å². The van der Waals surface area contributed by atoms with Crippen molar-refractivity contribution in [1.82, 2.24) is 9.97 Å². The second-order valence-corrected chi connectivity index (χ2v) is 3.39. The van der Waals surface area contributed by atoms with Gasteiger partial charge in [0, 0.05) is 12.4 Å². The summed E-state index contributed by atoms with van der Waals surface area (Å²) in [5.41, 5.74) is 1.98. The molecule has 2 rings (SSSR count). The van der Waals surface area contributed by atoms with Crippen LogP contribution >= 0.6 is 0 Å². The molecule has 6 nitrogen and oxygen atoms in total. The van der Waals surface area contributed by atoms with Crippen LogP contribution in [0, 0.1) is 0 Å². The van der Waals surface area contributed by atoms with E-state index in [0.717, 1.165) is 0 Å². The molecule has 0 aliphatic heterocycles. The summed E-state index contributed by atoms with van der Waals surface area (Å²) in [4.78, 5) is 8.34. The topological polar surface area (TPSA) is 103 Å². The maximum atomic E-state index is 5.40. The molecule has 0 aliphatic rings. The first kappa shape index (κ1) is 11.7. The summed E-state index contributed by atoms with van der Waals surface area (Å²) in [6, 6.07) is 10.8. The lowest BCUT2D eigenvalue weighted by molar-refractivity contribution is 1.19. The first-order valence-corrected chi connectivity index (χ1v) is 5.25. The Labute approximate surface area is 104 Å². The third-order valence-electron chi connectivity index (χ3n) is 2.30. The molecule has 2 aromatic heterocycles. The fraction of sp³-hybridized carbons (Fsp3) is 0. The molecule has 0 saturated heterocycles. The normalized spacial score (nSPS) is 12.4. The zero-order chi connectivity index (χ0) is 12.8. The summed E-state index contributed by atoms with van der Waals surface area (Å²) in [6.07, 6.45) is 3.29. The minimum Gasteiger partial charge on any atom is -0.323 e. The molecule has 0 atom stereocenters. The van der Waals surface area contributed by atoms with Crippen molar-refractivity contribution >= 4 is 11.4 Å². The van der Waals surface area contributed by atoms with Crippen LogP contribution in [-0.2, 0) is 0 Å². The predicted octanol–water partition coefficient (Wildman–Crippen LogP) is 0.502. The van der Waals surface area contributed by atoms with Crippen LogP contribution in [0.5, 0.6) is 0 Å². The average molecular weight is 240 g/mol. The Hall–Kier alpha value is -2.76. The maximum Gasteiger partial charge on any atom is 0.138 e. The van der Waals surface area contributed by atoms with Gasteiger partial charge in [-0.25, -0.2) is 0 Å². The second-order valence-electron chi connectivity index (χ2n) is 3.39. The highest BCUT2D eigenvalue weighted by Gasteiger charge is 2.16. The first-order chi connectivity index (χ1) is 8.86. The summed E-state index contributed by atoms with van der Waals surface area (Å²) in [7, 11) is 0. The van der Waals surface area contributed by atoms with Crippen molar-refractivity contribution in [2.24, 2.45) is 21.9 Å². The molecule has 2 heterocycles. The number of hydrogen-bond donors (Lipinski definition) is 2. The van der Waals surface area contributed by atoms with E-state index in [0.29, 0.717) is 22.8 Å². The minimum atomic E-state index is 0.400. The molecule has 0 aromatic carbocycles. The van der Waals surface area contributed by atoms with E-state index in [9.17, 15) is 0 Å². The van der Waals surface area contributed by atoms with E-state index in [2.05, 4.69) is 20.2 Å². The Kier molecular flexibility index (Phi) is 3.60. The number of hydrazone groups is 2. The van der Waals surface area contributed by atoms with Crippen molar-refractivity contribution in [2.45, 2.75) is 0 Å². The van der Waals surface area contributed by atoms with Crippen LogP contribution < -0.4 is 11.7 Å². The molecule has 0 unspecified atom stereocenters. The Morgan fingerprint density at radius 2 is 1.22 bits per heavy atom. The van der Waals surface area contributed by atoms with Gasteiger partial charge in [-0.05, 0) is 24.3 Å². The lowest BCUT2D eigenvalue weighted by atomic mass is 10.1. The van der Waals surface area contributed by atoms with Crippen molar-refractivity contribution in [3.63, 3.8) is 0 Å². The van der Waals surface area contributed by atoms with Crippen LogP contribution in [0.2, 0.25) is 0 Å². The van der Waals surface area contributed by atoms with E-state index >= 15 is 0 Å². The van der Waals surface area contributed by atoms with Gasteiger partial charge in [-0.2, -0.15) is 10.2 Å². The number of nitrogens with two attached hydrogens (primary N) is 2. The molecule has 0 radical (unpaired) electrons. The zero-order valence-corrected chi connectivity index (χ0v) is 9.56. The first-order valence-electron chi connectivity index (χ1n) is 5.25. The molecule has 18 heavy (non-hydrogen) atoms. The van der Waals surface area contributed by atoms with E-state index in [1.165, 1.54) is 0 Å². The summed E-state index contributed by atoms with van der Waals surface area (Å²) in [5, 5.41) is 7.42. The van der Waals surface area contributed by atoms with E-state index in [4.69, 9.17) is 11.7 Å². The SMILES string of the molecule is NN=C(C(=NN)c1ccccn1)c1ccccn1. The summed E-state index contributed by atoms with van der Waals surface area (Å²) < 4.78 is 0. The molecule has 0 bridgehead atoms. The highest BCUT2D eigenvalue weighted by Crippen LogP contribution is 2.04. The van der Waals surface area contributed by atoms with Crippen LogP contribution in [-0.4, -0.2) is 21.4 Å². The van der Waals surface area contributed by atoms with E-state index in [1.54, 1.807) is 36.7 Å². The highest BCUT2D eigenvalue weighted by atomic mass is 15.2. The van der Waals surface area contributed by atoms with Crippen molar-refractivity contribution < 1.29 is 0 Å². The smallest absolute Gasteiger partial charge is 0.138 e. The highest BCUT2D eigenvalue weighted by molar-refractivity contribution is 6.52. The van der Waals surface area contributed by atoms with Gasteiger partial charge in [0.1, 0.15) is 11.4 Å². The van der Waals surface area contributed by atoms with Gasteiger partial charge in [-0.1, -0.05) is 12.1 Å². The Morgan fingerprint density at radius 3 is 1.50 bits per heavy atom. The molecule has 0 fully saturated rings. The fourth-order valence-electron chi connectivity index (χ4n) is 1.50. The van der Waals surface area contributed by atoms with Crippen LogP contribution in [0.4, 0.5) is 0 Å². The third-order valence-corrected chi connectivity index (χ3v) is 2.30. The quantitative estimate of drug-likeness (QED) is 0.463. The molecule has 6 heteroatoms. The van der Waals surface area contributed by atoms with Gasteiger partial charge < -0.3 is 11.7 Å². The molecule has 0 saturated carbocycles. The third kappa shape index (κ3) is 2.32. The molecule has 2 aromatic rings. The van der Waals surface area contributed by atoms with Gasteiger partial charge in [0.2, 0.25) is 0 Å². The van der Waals surface area contributed by atoms with Crippen LogP contribution in [0.15, 0.2) is 59.0 Å². The number of aromatic nitrogens is 2. The number of pyridine rings is 2. The lowest BCUT2D eigenvalue weighted by Gasteiger charge is -2.06. The van der Waals surface area contributed by atoms with Gasteiger partial charge >= 0.3 is 0 Å². The summed E-state index contributed by atoms with van der Waals surface area (Å²) in [5.74, 6) is 10.8. The lowest BCUT2D eigenvalue weighted by Crippen LogP contribution is -2.22. The standard InChI is InChI=1S/C12H12N6/c13-17-11(9-5-1-3-7-15-9)12(18-14)10-6-2-4-8-16-10/h1-8H,13-14H2. The van der Waals surface area contributed by atoms with Gasteiger partial charge in [-0.3, -0.25) is 9.97 Å². The van der Waals surface area contributed by atoms with Crippen molar-refractivity contribution in [2.75, 3.05) is 0 Å². The van der Waals surface area contributed by atoms with Crippen LogP contribution in [0.1, 0.15) is 11.4 Å². The molecule has 0 amide bonds. The van der Waals surface area contributed by atoms with E-state index < -0.39 is 0 Å². The Balaban J connectivity index is 2.45. The minimum absolute atomic E-state index is 0.400. The van der Waals surface area contributed by atoms with Gasteiger partial charge in [0.15, 0.2) is 0 Å².